The zero-order valence-electron chi connectivity index (χ0n) is 10.2. The minimum atomic E-state index is -3.57. The average Bonchev–Trinajstić information content (AvgIpc) is 2.26. The SMILES string of the molecule is NC(=S)c1ccc(S(=O)(=O)NCC2CCC2)c(Cl)c1. The van der Waals surface area contributed by atoms with Crippen molar-refractivity contribution in [2.75, 3.05) is 6.54 Å². The van der Waals surface area contributed by atoms with E-state index in [9.17, 15) is 8.42 Å². The third-order valence-corrected chi connectivity index (χ3v) is 5.43. The quantitative estimate of drug-likeness (QED) is 0.815. The molecule has 1 aromatic rings. The molecular formula is C12H15ClN2O2S2. The number of hydrogen-bond donors (Lipinski definition) is 2. The van der Waals surface area contributed by atoms with E-state index in [1.807, 2.05) is 0 Å². The fourth-order valence-corrected chi connectivity index (χ4v) is 3.66. The lowest BCUT2D eigenvalue weighted by Gasteiger charge is -2.25. The van der Waals surface area contributed by atoms with E-state index in [0.29, 0.717) is 18.0 Å². The summed E-state index contributed by atoms with van der Waals surface area (Å²) in [7, 11) is -3.57. The van der Waals surface area contributed by atoms with Gasteiger partial charge in [0.2, 0.25) is 10.0 Å². The normalized spacial score (nSPS) is 16.1. The molecule has 0 saturated heterocycles. The third kappa shape index (κ3) is 3.45. The first-order chi connectivity index (χ1) is 8.90. The summed E-state index contributed by atoms with van der Waals surface area (Å²) in [6.07, 6.45) is 3.34. The summed E-state index contributed by atoms with van der Waals surface area (Å²) in [6.45, 7) is 0.468. The van der Waals surface area contributed by atoms with Crippen molar-refractivity contribution >= 4 is 38.8 Å². The number of sulfonamides is 1. The van der Waals surface area contributed by atoms with Gasteiger partial charge in [0.05, 0.1) is 5.02 Å². The predicted octanol–water partition coefficient (Wildman–Crippen LogP) is 2.05. The lowest BCUT2D eigenvalue weighted by atomic mass is 9.86. The highest BCUT2D eigenvalue weighted by atomic mass is 35.5. The molecule has 0 radical (unpaired) electrons. The van der Waals surface area contributed by atoms with Crippen molar-refractivity contribution in [2.24, 2.45) is 11.7 Å². The van der Waals surface area contributed by atoms with Crippen molar-refractivity contribution in [1.29, 1.82) is 0 Å². The molecule has 1 aliphatic rings. The van der Waals surface area contributed by atoms with Crippen molar-refractivity contribution in [1.82, 2.24) is 4.72 Å². The van der Waals surface area contributed by atoms with Gasteiger partial charge in [-0.1, -0.05) is 36.3 Å². The Morgan fingerprint density at radius 3 is 2.63 bits per heavy atom. The Bertz CT molecular complexity index is 598. The lowest BCUT2D eigenvalue weighted by Crippen LogP contribution is -2.32. The summed E-state index contributed by atoms with van der Waals surface area (Å²) in [6, 6.07) is 4.47. The summed E-state index contributed by atoms with van der Waals surface area (Å²) in [5.74, 6) is 0.449. The second-order valence-corrected chi connectivity index (χ2v) is 7.24. The van der Waals surface area contributed by atoms with Gasteiger partial charge in [0.15, 0.2) is 0 Å². The molecular weight excluding hydrogens is 304 g/mol. The maximum atomic E-state index is 12.1. The summed E-state index contributed by atoms with van der Waals surface area (Å²) < 4.78 is 26.8. The van der Waals surface area contributed by atoms with E-state index in [1.165, 1.54) is 18.6 Å². The van der Waals surface area contributed by atoms with E-state index in [1.54, 1.807) is 6.07 Å². The fraction of sp³-hybridized carbons (Fsp3) is 0.417. The molecule has 0 aromatic heterocycles. The highest BCUT2D eigenvalue weighted by molar-refractivity contribution is 7.89. The number of thiocarbonyl (C=S) groups is 1. The Hall–Kier alpha value is -0.690. The Morgan fingerprint density at radius 1 is 1.47 bits per heavy atom. The van der Waals surface area contributed by atoms with Crippen molar-refractivity contribution in [3.8, 4) is 0 Å². The molecule has 7 heteroatoms. The van der Waals surface area contributed by atoms with Crippen LogP contribution in [0.4, 0.5) is 0 Å². The van der Waals surface area contributed by atoms with Gasteiger partial charge < -0.3 is 5.73 Å². The van der Waals surface area contributed by atoms with Crippen LogP contribution in [0.5, 0.6) is 0 Å². The molecule has 0 unspecified atom stereocenters. The largest absolute Gasteiger partial charge is 0.389 e. The smallest absolute Gasteiger partial charge is 0.242 e. The van der Waals surface area contributed by atoms with Crippen molar-refractivity contribution in [3.63, 3.8) is 0 Å². The van der Waals surface area contributed by atoms with Gasteiger partial charge in [0, 0.05) is 12.1 Å². The van der Waals surface area contributed by atoms with Crippen LogP contribution < -0.4 is 10.5 Å². The standard InChI is InChI=1S/C12H15ClN2O2S2/c13-10-6-9(12(14)18)4-5-11(10)19(16,17)15-7-8-2-1-3-8/h4-6,8,15H,1-3,7H2,(H2,14,18). The van der Waals surface area contributed by atoms with E-state index in [0.717, 1.165) is 12.8 Å². The van der Waals surface area contributed by atoms with Gasteiger partial charge in [-0.15, -0.1) is 0 Å². The first-order valence-electron chi connectivity index (χ1n) is 5.99. The molecule has 104 valence electrons. The van der Waals surface area contributed by atoms with Gasteiger partial charge in [0.1, 0.15) is 9.88 Å². The Morgan fingerprint density at radius 2 is 2.16 bits per heavy atom. The van der Waals surface area contributed by atoms with Gasteiger partial charge in [-0.2, -0.15) is 0 Å². The molecule has 4 nitrogen and oxygen atoms in total. The van der Waals surface area contributed by atoms with Crippen LogP contribution in [0.2, 0.25) is 5.02 Å². The molecule has 1 fully saturated rings. The Kier molecular flexibility index (Phi) is 4.45. The Balaban J connectivity index is 2.17. The maximum Gasteiger partial charge on any atom is 0.242 e. The fourth-order valence-electron chi connectivity index (χ4n) is 1.87. The number of nitrogens with one attached hydrogen (secondary N) is 1. The second kappa shape index (κ2) is 5.75. The maximum absolute atomic E-state index is 12.1. The van der Waals surface area contributed by atoms with E-state index in [4.69, 9.17) is 29.6 Å². The predicted molar refractivity (Wildman–Crippen MR) is 79.9 cm³/mol. The Labute approximate surface area is 123 Å². The molecule has 0 amide bonds. The summed E-state index contributed by atoms with van der Waals surface area (Å²) in [4.78, 5) is 0.252. The molecule has 19 heavy (non-hydrogen) atoms. The molecule has 3 N–H and O–H groups in total. The molecule has 1 aliphatic carbocycles. The van der Waals surface area contributed by atoms with E-state index < -0.39 is 10.0 Å². The van der Waals surface area contributed by atoms with Crippen LogP contribution in [0.1, 0.15) is 24.8 Å². The minimum absolute atomic E-state index is 0.0634. The summed E-state index contributed by atoms with van der Waals surface area (Å²) >= 11 is 10.8. The van der Waals surface area contributed by atoms with Crippen LogP contribution in [-0.2, 0) is 10.0 Å². The van der Waals surface area contributed by atoms with Crippen LogP contribution in [0.25, 0.3) is 0 Å². The highest BCUT2D eigenvalue weighted by Gasteiger charge is 2.23. The number of rotatable bonds is 5. The van der Waals surface area contributed by atoms with Gasteiger partial charge in [0.25, 0.3) is 0 Å². The lowest BCUT2D eigenvalue weighted by molar-refractivity contribution is 0.316. The van der Waals surface area contributed by atoms with Crippen LogP contribution in [0, 0.1) is 5.92 Å². The number of halogens is 1. The van der Waals surface area contributed by atoms with Gasteiger partial charge >= 0.3 is 0 Å². The molecule has 1 saturated carbocycles. The second-order valence-electron chi connectivity index (χ2n) is 4.66. The molecule has 0 bridgehead atoms. The minimum Gasteiger partial charge on any atom is -0.389 e. The van der Waals surface area contributed by atoms with Crippen LogP contribution in [-0.4, -0.2) is 20.0 Å². The first kappa shape index (κ1) is 14.7. The summed E-state index contributed by atoms with van der Waals surface area (Å²) in [5, 5.41) is 0.131. The average molecular weight is 319 g/mol. The van der Waals surface area contributed by atoms with Crippen molar-refractivity contribution in [3.05, 3.63) is 28.8 Å². The zero-order chi connectivity index (χ0) is 14.0. The highest BCUT2D eigenvalue weighted by Crippen LogP contribution is 2.27. The number of hydrogen-bond acceptors (Lipinski definition) is 3. The van der Waals surface area contributed by atoms with Gasteiger partial charge in [-0.05, 0) is 30.9 Å². The number of benzene rings is 1. The van der Waals surface area contributed by atoms with Gasteiger partial charge in [-0.3, -0.25) is 0 Å². The third-order valence-electron chi connectivity index (χ3n) is 3.29. The zero-order valence-corrected chi connectivity index (χ0v) is 12.6. The topological polar surface area (TPSA) is 72.2 Å². The van der Waals surface area contributed by atoms with Crippen LogP contribution >= 0.6 is 23.8 Å². The van der Waals surface area contributed by atoms with Gasteiger partial charge in [-0.25, -0.2) is 13.1 Å². The molecule has 0 heterocycles. The van der Waals surface area contributed by atoms with Crippen molar-refractivity contribution in [2.45, 2.75) is 24.2 Å². The van der Waals surface area contributed by atoms with Crippen molar-refractivity contribution < 1.29 is 8.42 Å². The summed E-state index contributed by atoms with van der Waals surface area (Å²) in [5.41, 5.74) is 6.03. The van der Waals surface area contributed by atoms with Crippen LogP contribution in [0.15, 0.2) is 23.1 Å². The van der Waals surface area contributed by atoms with Crippen LogP contribution in [0.3, 0.4) is 0 Å². The molecule has 1 aromatic carbocycles. The monoisotopic (exact) mass is 318 g/mol. The first-order valence-corrected chi connectivity index (χ1v) is 8.26. The van der Waals surface area contributed by atoms with E-state index in [-0.39, 0.29) is 14.9 Å². The molecule has 0 spiro atoms. The van der Waals surface area contributed by atoms with E-state index >= 15 is 0 Å². The molecule has 0 atom stereocenters. The molecule has 0 aliphatic heterocycles. The number of nitrogens with two attached hydrogens (primary N) is 1. The molecule has 2 rings (SSSR count). The van der Waals surface area contributed by atoms with E-state index in [2.05, 4.69) is 4.72 Å².